The zero-order valence-corrected chi connectivity index (χ0v) is 15.2. The molecule has 1 atom stereocenters. The molecule has 1 heterocycles. The van der Waals surface area contributed by atoms with Crippen molar-refractivity contribution in [2.45, 2.75) is 63.5 Å². The maximum absolute atomic E-state index is 11.2. The number of methoxy groups -OCH3 is 1. The van der Waals surface area contributed by atoms with Crippen LogP contribution in [0.4, 0.5) is 0 Å². The summed E-state index contributed by atoms with van der Waals surface area (Å²) in [4.78, 5) is 13.2. The van der Waals surface area contributed by atoms with Gasteiger partial charge in [0.15, 0.2) is 11.5 Å². The van der Waals surface area contributed by atoms with Gasteiger partial charge in [-0.15, -0.1) is 0 Å². The third-order valence-electron chi connectivity index (χ3n) is 5.69. The Kier molecular flexibility index (Phi) is 5.84. The Bertz CT molecular complexity index is 589. The smallest absolute Gasteiger partial charge is 0.320 e. The fraction of sp³-hybridized carbons (Fsp3) is 0.650. The molecule has 1 aliphatic carbocycles. The summed E-state index contributed by atoms with van der Waals surface area (Å²) >= 11 is 0. The standard InChI is InChI=1S/C20H29NO4/c1-14(20(22)23)21-11-9-15(10-12-21)16-7-8-18(24-2)19(13-16)25-17-5-3-4-6-17/h7-8,13-15,17H,3-6,9-12H2,1-2H3,(H,22,23)/t14-/m1/s1. The van der Waals surface area contributed by atoms with Gasteiger partial charge in [0, 0.05) is 0 Å². The number of ether oxygens (including phenoxy) is 2. The number of rotatable bonds is 6. The molecule has 5 heteroatoms. The number of carbonyl (C=O) groups is 1. The molecule has 1 aromatic rings. The second kappa shape index (κ2) is 8.09. The first-order valence-electron chi connectivity index (χ1n) is 9.40. The summed E-state index contributed by atoms with van der Waals surface area (Å²) in [6.07, 6.45) is 7.00. The second-order valence-electron chi connectivity index (χ2n) is 7.26. The van der Waals surface area contributed by atoms with Crippen LogP contribution < -0.4 is 9.47 Å². The van der Waals surface area contributed by atoms with E-state index in [-0.39, 0.29) is 0 Å². The summed E-state index contributed by atoms with van der Waals surface area (Å²) in [5, 5.41) is 9.17. The third kappa shape index (κ3) is 4.27. The number of hydrogen-bond acceptors (Lipinski definition) is 4. The molecular formula is C20H29NO4. The topological polar surface area (TPSA) is 59.0 Å². The highest BCUT2D eigenvalue weighted by Crippen LogP contribution is 2.37. The van der Waals surface area contributed by atoms with E-state index in [2.05, 4.69) is 17.0 Å². The van der Waals surface area contributed by atoms with Crippen molar-refractivity contribution in [1.29, 1.82) is 0 Å². The van der Waals surface area contributed by atoms with E-state index in [1.165, 1.54) is 18.4 Å². The van der Waals surface area contributed by atoms with Gasteiger partial charge in [-0.2, -0.15) is 0 Å². The summed E-state index contributed by atoms with van der Waals surface area (Å²) in [5.41, 5.74) is 1.27. The first-order valence-corrected chi connectivity index (χ1v) is 9.40. The predicted molar refractivity (Wildman–Crippen MR) is 96.5 cm³/mol. The van der Waals surface area contributed by atoms with E-state index in [4.69, 9.17) is 9.47 Å². The van der Waals surface area contributed by atoms with Crippen molar-refractivity contribution in [3.8, 4) is 11.5 Å². The lowest BCUT2D eigenvalue weighted by Crippen LogP contribution is -2.43. The Balaban J connectivity index is 1.67. The fourth-order valence-electron chi connectivity index (χ4n) is 4.00. The quantitative estimate of drug-likeness (QED) is 0.851. The Hall–Kier alpha value is -1.75. The van der Waals surface area contributed by atoms with E-state index in [1.54, 1.807) is 14.0 Å². The van der Waals surface area contributed by atoms with Crippen LogP contribution in [0, 0.1) is 0 Å². The number of aliphatic carboxylic acids is 1. The molecule has 1 saturated carbocycles. The SMILES string of the molecule is COc1ccc(C2CCN([C@H](C)C(=O)O)CC2)cc1OC1CCCC1. The van der Waals surface area contributed by atoms with E-state index in [0.29, 0.717) is 12.0 Å². The zero-order valence-electron chi connectivity index (χ0n) is 15.2. The summed E-state index contributed by atoms with van der Waals surface area (Å²) in [6, 6.07) is 5.86. The van der Waals surface area contributed by atoms with Crippen LogP contribution >= 0.6 is 0 Å². The van der Waals surface area contributed by atoms with Crippen LogP contribution in [0.3, 0.4) is 0 Å². The van der Waals surface area contributed by atoms with Gasteiger partial charge < -0.3 is 14.6 Å². The van der Waals surface area contributed by atoms with Crippen LogP contribution in [-0.2, 0) is 4.79 Å². The van der Waals surface area contributed by atoms with E-state index in [9.17, 15) is 9.90 Å². The molecule has 0 bridgehead atoms. The molecule has 1 aliphatic heterocycles. The lowest BCUT2D eigenvalue weighted by molar-refractivity contribution is -0.143. The van der Waals surface area contributed by atoms with Crippen molar-refractivity contribution in [3.63, 3.8) is 0 Å². The molecule has 2 aliphatic rings. The molecule has 1 saturated heterocycles. The molecule has 1 N–H and O–H groups in total. The Morgan fingerprint density at radius 3 is 2.44 bits per heavy atom. The molecule has 0 unspecified atom stereocenters. The first-order chi connectivity index (χ1) is 12.1. The van der Waals surface area contributed by atoms with Crippen molar-refractivity contribution >= 4 is 5.97 Å². The maximum atomic E-state index is 11.2. The summed E-state index contributed by atoms with van der Waals surface area (Å²) in [7, 11) is 1.68. The van der Waals surface area contributed by atoms with Gasteiger partial charge in [-0.05, 0) is 82.2 Å². The predicted octanol–water partition coefficient (Wildman–Crippen LogP) is 3.67. The van der Waals surface area contributed by atoms with E-state index in [1.807, 2.05) is 6.07 Å². The normalized spacial score (nSPS) is 21.2. The average molecular weight is 347 g/mol. The van der Waals surface area contributed by atoms with Crippen LogP contribution in [0.1, 0.15) is 56.9 Å². The monoisotopic (exact) mass is 347 g/mol. The van der Waals surface area contributed by atoms with E-state index >= 15 is 0 Å². The van der Waals surface area contributed by atoms with Crippen LogP contribution in [0.15, 0.2) is 18.2 Å². The number of likely N-dealkylation sites (tertiary alicyclic amines) is 1. The molecule has 5 nitrogen and oxygen atoms in total. The largest absolute Gasteiger partial charge is 0.493 e. The highest BCUT2D eigenvalue weighted by molar-refractivity contribution is 5.72. The molecule has 3 rings (SSSR count). The van der Waals surface area contributed by atoms with Gasteiger partial charge in [-0.1, -0.05) is 6.07 Å². The van der Waals surface area contributed by atoms with Gasteiger partial charge in [0.1, 0.15) is 6.04 Å². The van der Waals surface area contributed by atoms with Gasteiger partial charge >= 0.3 is 5.97 Å². The minimum atomic E-state index is -0.741. The first kappa shape index (κ1) is 18.1. The Morgan fingerprint density at radius 2 is 1.84 bits per heavy atom. The highest BCUT2D eigenvalue weighted by Gasteiger charge is 2.27. The molecule has 0 aromatic heterocycles. The second-order valence-corrected chi connectivity index (χ2v) is 7.26. The van der Waals surface area contributed by atoms with Crippen LogP contribution in [0.2, 0.25) is 0 Å². The zero-order chi connectivity index (χ0) is 17.8. The lowest BCUT2D eigenvalue weighted by atomic mass is 9.88. The van der Waals surface area contributed by atoms with Gasteiger partial charge in [0.05, 0.1) is 13.2 Å². The number of nitrogens with zero attached hydrogens (tertiary/aromatic N) is 1. The number of hydrogen-bond donors (Lipinski definition) is 1. The van der Waals surface area contributed by atoms with Crippen molar-refractivity contribution in [3.05, 3.63) is 23.8 Å². The molecule has 0 amide bonds. The highest BCUT2D eigenvalue weighted by atomic mass is 16.5. The van der Waals surface area contributed by atoms with Crippen molar-refractivity contribution in [2.24, 2.45) is 0 Å². The average Bonchev–Trinajstić information content (AvgIpc) is 3.14. The minimum absolute atomic E-state index is 0.308. The van der Waals surface area contributed by atoms with Gasteiger partial charge in [-0.25, -0.2) is 0 Å². The summed E-state index contributed by atoms with van der Waals surface area (Å²) in [6.45, 7) is 3.41. The minimum Gasteiger partial charge on any atom is -0.493 e. The van der Waals surface area contributed by atoms with E-state index in [0.717, 1.165) is 50.3 Å². The molecule has 138 valence electrons. The number of benzene rings is 1. The maximum Gasteiger partial charge on any atom is 0.320 e. The molecule has 1 aromatic carbocycles. The molecular weight excluding hydrogens is 318 g/mol. The molecule has 0 spiro atoms. The van der Waals surface area contributed by atoms with E-state index < -0.39 is 12.0 Å². The summed E-state index contributed by atoms with van der Waals surface area (Å²) < 4.78 is 11.7. The van der Waals surface area contributed by atoms with Crippen LogP contribution in [-0.4, -0.2) is 48.3 Å². The summed E-state index contributed by atoms with van der Waals surface area (Å²) in [5.74, 6) is 1.37. The van der Waals surface area contributed by atoms with Gasteiger partial charge in [-0.3, -0.25) is 9.69 Å². The number of carboxylic acid groups (broad SMARTS) is 1. The van der Waals surface area contributed by atoms with Gasteiger partial charge in [0.25, 0.3) is 0 Å². The third-order valence-corrected chi connectivity index (χ3v) is 5.69. The van der Waals surface area contributed by atoms with Gasteiger partial charge in [0.2, 0.25) is 0 Å². The van der Waals surface area contributed by atoms with Crippen molar-refractivity contribution in [2.75, 3.05) is 20.2 Å². The lowest BCUT2D eigenvalue weighted by Gasteiger charge is -2.34. The number of carboxylic acids is 1. The molecule has 0 radical (unpaired) electrons. The van der Waals surface area contributed by atoms with Crippen molar-refractivity contribution < 1.29 is 19.4 Å². The molecule has 2 fully saturated rings. The van der Waals surface area contributed by atoms with Crippen LogP contribution in [0.25, 0.3) is 0 Å². The molecule has 25 heavy (non-hydrogen) atoms. The fourth-order valence-corrected chi connectivity index (χ4v) is 4.00. The Labute approximate surface area is 149 Å². The number of piperidine rings is 1. The van der Waals surface area contributed by atoms with Crippen LogP contribution in [0.5, 0.6) is 11.5 Å². The Morgan fingerprint density at radius 1 is 1.16 bits per heavy atom. The van der Waals surface area contributed by atoms with Crippen molar-refractivity contribution in [1.82, 2.24) is 4.90 Å².